The van der Waals surface area contributed by atoms with E-state index in [-0.39, 0.29) is 11.8 Å². The first-order chi connectivity index (χ1) is 11.3. The first-order valence-electron chi connectivity index (χ1n) is 7.98. The number of amides is 1. The van der Waals surface area contributed by atoms with Gasteiger partial charge < -0.3 is 14.7 Å². The lowest BCUT2D eigenvalue weighted by molar-refractivity contribution is -0.132. The summed E-state index contributed by atoms with van der Waals surface area (Å²) in [6.45, 7) is 1.62. The quantitative estimate of drug-likeness (QED) is 0.877. The molecule has 4 rings (SSSR count). The molecule has 0 aromatic heterocycles. The van der Waals surface area contributed by atoms with Crippen molar-refractivity contribution in [2.75, 3.05) is 26.3 Å². The molecule has 0 bridgehead atoms. The molecule has 1 N–H and O–H groups in total. The summed E-state index contributed by atoms with van der Waals surface area (Å²) < 4.78 is 5.34. The highest BCUT2D eigenvalue weighted by Gasteiger charge is 2.36. The molecule has 1 heterocycles. The molecule has 23 heavy (non-hydrogen) atoms. The first-order valence-corrected chi connectivity index (χ1v) is 7.98. The summed E-state index contributed by atoms with van der Waals surface area (Å²) in [5, 5.41) is 9.92. The minimum absolute atomic E-state index is 0.0481. The number of carbonyl (C=O) groups excluding carboxylic acids is 1. The van der Waals surface area contributed by atoms with Gasteiger partial charge in [-0.2, -0.15) is 0 Å². The molecule has 0 radical (unpaired) electrons. The number of ether oxygens (including phenoxy) is 1. The number of rotatable bonds is 1. The number of fused-ring (bicyclic) bond motifs is 3. The molecule has 118 valence electrons. The topological polar surface area (TPSA) is 49.8 Å². The van der Waals surface area contributed by atoms with Crippen LogP contribution in [0, 0.1) is 0 Å². The average Bonchev–Trinajstić information content (AvgIpc) is 2.75. The van der Waals surface area contributed by atoms with Gasteiger partial charge in [-0.05, 0) is 22.3 Å². The molecule has 0 spiro atoms. The molecule has 1 amide bonds. The van der Waals surface area contributed by atoms with Crippen LogP contribution in [0.15, 0.2) is 48.5 Å². The van der Waals surface area contributed by atoms with Crippen molar-refractivity contribution in [1.82, 2.24) is 4.90 Å². The van der Waals surface area contributed by atoms with Crippen LogP contribution in [0.2, 0.25) is 0 Å². The average molecular weight is 309 g/mol. The minimum Gasteiger partial charge on any atom is -0.389 e. The van der Waals surface area contributed by atoms with Crippen LogP contribution in [0.4, 0.5) is 0 Å². The van der Waals surface area contributed by atoms with Crippen molar-refractivity contribution in [3.63, 3.8) is 0 Å². The van der Waals surface area contributed by atoms with Crippen LogP contribution in [0.3, 0.4) is 0 Å². The zero-order valence-corrected chi connectivity index (χ0v) is 12.8. The SMILES string of the molecule is O=C(C1c2ccccc2-c2ccccc21)N1CCOC[C@H](O)C1. The molecular weight excluding hydrogens is 290 g/mol. The highest BCUT2D eigenvalue weighted by molar-refractivity contribution is 5.96. The van der Waals surface area contributed by atoms with Gasteiger partial charge in [-0.25, -0.2) is 0 Å². The fourth-order valence-corrected chi connectivity index (χ4v) is 3.60. The number of carbonyl (C=O) groups is 1. The lowest BCUT2D eigenvalue weighted by Gasteiger charge is -2.25. The largest absolute Gasteiger partial charge is 0.389 e. The minimum atomic E-state index is -0.617. The fourth-order valence-electron chi connectivity index (χ4n) is 3.60. The zero-order chi connectivity index (χ0) is 15.8. The Morgan fingerprint density at radius 2 is 1.65 bits per heavy atom. The van der Waals surface area contributed by atoms with Crippen molar-refractivity contribution < 1.29 is 14.6 Å². The van der Waals surface area contributed by atoms with Crippen molar-refractivity contribution in [3.05, 3.63) is 59.7 Å². The highest BCUT2D eigenvalue weighted by atomic mass is 16.5. The van der Waals surface area contributed by atoms with Crippen LogP contribution >= 0.6 is 0 Å². The Labute approximate surface area is 135 Å². The molecule has 2 aliphatic rings. The Balaban J connectivity index is 1.74. The second-order valence-electron chi connectivity index (χ2n) is 6.12. The number of aliphatic hydroxyl groups excluding tert-OH is 1. The van der Waals surface area contributed by atoms with Gasteiger partial charge >= 0.3 is 0 Å². The molecule has 2 aromatic carbocycles. The molecule has 0 saturated carbocycles. The summed E-state index contributed by atoms with van der Waals surface area (Å²) in [5.41, 5.74) is 4.37. The second-order valence-corrected chi connectivity index (χ2v) is 6.12. The van der Waals surface area contributed by atoms with E-state index in [2.05, 4.69) is 12.1 Å². The van der Waals surface area contributed by atoms with E-state index < -0.39 is 6.10 Å². The Kier molecular flexibility index (Phi) is 3.63. The van der Waals surface area contributed by atoms with Gasteiger partial charge in [0.25, 0.3) is 0 Å². The number of hydrogen-bond acceptors (Lipinski definition) is 3. The smallest absolute Gasteiger partial charge is 0.234 e. The number of nitrogens with zero attached hydrogens (tertiary/aromatic N) is 1. The monoisotopic (exact) mass is 309 g/mol. The maximum absolute atomic E-state index is 13.2. The Hall–Kier alpha value is -2.17. The lowest BCUT2D eigenvalue weighted by atomic mass is 9.95. The highest BCUT2D eigenvalue weighted by Crippen LogP contribution is 2.45. The van der Waals surface area contributed by atoms with Crippen molar-refractivity contribution in [1.29, 1.82) is 0 Å². The van der Waals surface area contributed by atoms with Crippen LogP contribution in [0.1, 0.15) is 17.0 Å². The molecule has 1 aliphatic heterocycles. The maximum Gasteiger partial charge on any atom is 0.234 e. The van der Waals surface area contributed by atoms with E-state index in [9.17, 15) is 9.90 Å². The van der Waals surface area contributed by atoms with Gasteiger partial charge in [0.05, 0.1) is 25.2 Å². The molecule has 2 aromatic rings. The second kappa shape index (κ2) is 5.80. The molecule has 4 heteroatoms. The van der Waals surface area contributed by atoms with Gasteiger partial charge in [0.1, 0.15) is 0 Å². The summed E-state index contributed by atoms with van der Waals surface area (Å²) >= 11 is 0. The van der Waals surface area contributed by atoms with E-state index in [1.54, 1.807) is 4.90 Å². The van der Waals surface area contributed by atoms with Crippen molar-refractivity contribution in [3.8, 4) is 11.1 Å². The standard InChI is InChI=1S/C19H19NO3/c21-13-11-20(9-10-23-12-13)19(22)18-16-7-3-1-5-14(16)15-6-2-4-8-17(15)18/h1-8,13,18,21H,9-12H2/t13-/m1/s1. The van der Waals surface area contributed by atoms with Crippen LogP contribution in [0.5, 0.6) is 0 Å². The zero-order valence-electron chi connectivity index (χ0n) is 12.8. The van der Waals surface area contributed by atoms with E-state index in [1.165, 1.54) is 0 Å². The third kappa shape index (κ3) is 2.44. The van der Waals surface area contributed by atoms with Gasteiger partial charge in [0, 0.05) is 13.1 Å². The molecule has 1 aliphatic carbocycles. The molecular formula is C19H19NO3. The van der Waals surface area contributed by atoms with Gasteiger partial charge in [-0.1, -0.05) is 48.5 Å². The van der Waals surface area contributed by atoms with Gasteiger partial charge in [-0.15, -0.1) is 0 Å². The fraction of sp³-hybridized carbons (Fsp3) is 0.316. The summed E-state index contributed by atoms with van der Waals surface area (Å²) in [6.07, 6.45) is -0.617. The predicted molar refractivity (Wildman–Crippen MR) is 87.1 cm³/mol. The van der Waals surface area contributed by atoms with E-state index in [0.717, 1.165) is 22.3 Å². The summed E-state index contributed by atoms with van der Waals surface area (Å²) in [6, 6.07) is 16.2. The first kappa shape index (κ1) is 14.4. The predicted octanol–water partition coefficient (Wildman–Crippen LogP) is 2.02. The number of β-amino-alcohol motifs (C(OH)–C–C–N with tert-alkyl or cyclic N) is 1. The Bertz CT molecular complexity index is 697. The van der Waals surface area contributed by atoms with Crippen molar-refractivity contribution in [2.24, 2.45) is 0 Å². The summed E-state index contributed by atoms with van der Waals surface area (Å²) in [4.78, 5) is 14.9. The number of aliphatic hydroxyl groups is 1. The van der Waals surface area contributed by atoms with E-state index in [0.29, 0.717) is 26.3 Å². The van der Waals surface area contributed by atoms with Gasteiger partial charge in [0.2, 0.25) is 5.91 Å². The maximum atomic E-state index is 13.2. The number of benzene rings is 2. The van der Waals surface area contributed by atoms with Crippen LogP contribution in [0.25, 0.3) is 11.1 Å². The van der Waals surface area contributed by atoms with Crippen LogP contribution in [-0.2, 0) is 9.53 Å². The molecule has 1 atom stereocenters. The van der Waals surface area contributed by atoms with Crippen molar-refractivity contribution in [2.45, 2.75) is 12.0 Å². The third-order valence-electron chi connectivity index (χ3n) is 4.64. The molecule has 1 fully saturated rings. The Morgan fingerprint density at radius 3 is 2.30 bits per heavy atom. The van der Waals surface area contributed by atoms with Gasteiger partial charge in [-0.3, -0.25) is 4.79 Å². The van der Waals surface area contributed by atoms with E-state index in [4.69, 9.17) is 4.74 Å². The summed E-state index contributed by atoms with van der Waals surface area (Å²) in [5.74, 6) is -0.236. The third-order valence-corrected chi connectivity index (χ3v) is 4.64. The van der Waals surface area contributed by atoms with E-state index >= 15 is 0 Å². The van der Waals surface area contributed by atoms with E-state index in [1.807, 2.05) is 36.4 Å². The van der Waals surface area contributed by atoms with Gasteiger partial charge in [0.15, 0.2) is 0 Å². The Morgan fingerprint density at radius 1 is 1.04 bits per heavy atom. The summed E-state index contributed by atoms with van der Waals surface area (Å²) in [7, 11) is 0. The van der Waals surface area contributed by atoms with Crippen molar-refractivity contribution >= 4 is 5.91 Å². The normalized spacial score (nSPS) is 20.7. The van der Waals surface area contributed by atoms with Crippen LogP contribution < -0.4 is 0 Å². The van der Waals surface area contributed by atoms with Crippen LogP contribution in [-0.4, -0.2) is 48.3 Å². The molecule has 4 nitrogen and oxygen atoms in total. The molecule has 1 saturated heterocycles. The molecule has 0 unspecified atom stereocenters. The number of hydrogen-bond donors (Lipinski definition) is 1. The lowest BCUT2D eigenvalue weighted by Crippen LogP contribution is -2.40.